The van der Waals surface area contributed by atoms with Crippen molar-refractivity contribution >= 4 is 5.82 Å². The predicted molar refractivity (Wildman–Crippen MR) is 61.6 cm³/mol. The first kappa shape index (κ1) is 7.80. The third kappa shape index (κ3) is 0.942. The van der Waals surface area contributed by atoms with E-state index in [1.165, 1.54) is 43.0 Å². The fourth-order valence-electron chi connectivity index (χ4n) is 3.12. The largest absolute Gasteiger partial charge is 0.357 e. The summed E-state index contributed by atoms with van der Waals surface area (Å²) in [7, 11) is 0. The second kappa shape index (κ2) is 2.57. The number of hydrogen-bond acceptors (Lipinski definition) is 1. The van der Waals surface area contributed by atoms with Crippen LogP contribution >= 0.6 is 0 Å². The van der Waals surface area contributed by atoms with Gasteiger partial charge in [0.1, 0.15) is 5.82 Å². The van der Waals surface area contributed by atoms with Crippen LogP contribution in [-0.4, -0.2) is 18.1 Å². The molecule has 1 N–H and O–H groups in total. The van der Waals surface area contributed by atoms with Crippen LogP contribution in [-0.2, 0) is 0 Å². The maximum absolute atomic E-state index is 3.58. The minimum absolute atomic E-state index is 0.782. The summed E-state index contributed by atoms with van der Waals surface area (Å²) in [6.07, 6.45) is 2.71. The van der Waals surface area contributed by atoms with Crippen LogP contribution in [0, 0.1) is 0 Å². The topological polar surface area (TPSA) is 19.0 Å². The molecule has 4 aliphatic rings. The summed E-state index contributed by atoms with van der Waals surface area (Å²) in [5.41, 5.74) is 4.19. The molecular formula is C13H14N2. The molecule has 1 aliphatic carbocycles. The van der Waals surface area contributed by atoms with Gasteiger partial charge in [-0.05, 0) is 36.1 Å². The Kier molecular flexibility index (Phi) is 1.34. The first-order valence-corrected chi connectivity index (χ1v) is 5.78. The highest BCUT2D eigenvalue weighted by atomic mass is 15.2. The number of anilines is 1. The first-order chi connectivity index (χ1) is 7.42. The van der Waals surface area contributed by atoms with Crippen LogP contribution in [0.15, 0.2) is 24.3 Å². The summed E-state index contributed by atoms with van der Waals surface area (Å²) in [5.74, 6) is 2.17. The quantitative estimate of drug-likeness (QED) is 0.689. The summed E-state index contributed by atoms with van der Waals surface area (Å²) < 4.78 is 0. The van der Waals surface area contributed by atoms with Crippen LogP contribution in [0.25, 0.3) is 11.3 Å². The van der Waals surface area contributed by atoms with Gasteiger partial charge in [0.05, 0.1) is 0 Å². The molecule has 3 aliphatic heterocycles. The summed E-state index contributed by atoms with van der Waals surface area (Å²) in [6, 6.07) is 8.88. The lowest BCUT2D eigenvalue weighted by atomic mass is 9.95. The molecule has 3 heterocycles. The number of rotatable bonds is 0. The average Bonchev–Trinajstić information content (AvgIpc) is 2.82. The molecule has 0 radical (unpaired) electrons. The van der Waals surface area contributed by atoms with Gasteiger partial charge in [0, 0.05) is 24.7 Å². The van der Waals surface area contributed by atoms with E-state index in [1.54, 1.807) is 5.56 Å². The van der Waals surface area contributed by atoms with E-state index in [2.05, 4.69) is 34.1 Å². The highest BCUT2D eigenvalue weighted by Gasteiger charge is 2.33. The van der Waals surface area contributed by atoms with Crippen molar-refractivity contribution in [3.63, 3.8) is 0 Å². The number of aromatic amines is 1. The van der Waals surface area contributed by atoms with Crippen LogP contribution in [0.3, 0.4) is 0 Å². The fourth-order valence-corrected chi connectivity index (χ4v) is 3.12. The third-order valence-electron chi connectivity index (χ3n) is 3.86. The maximum Gasteiger partial charge on any atom is 0.109 e. The number of pyridine rings is 1. The molecule has 0 saturated carbocycles. The van der Waals surface area contributed by atoms with Crippen molar-refractivity contribution in [1.29, 1.82) is 0 Å². The van der Waals surface area contributed by atoms with Crippen LogP contribution in [0.2, 0.25) is 0 Å². The van der Waals surface area contributed by atoms with Gasteiger partial charge in [0.25, 0.3) is 0 Å². The molecule has 0 aromatic carbocycles. The molecule has 0 aromatic heterocycles. The van der Waals surface area contributed by atoms with E-state index in [9.17, 15) is 0 Å². The van der Waals surface area contributed by atoms with E-state index in [0.29, 0.717) is 0 Å². The Morgan fingerprint density at radius 2 is 2.33 bits per heavy atom. The molecule has 4 rings (SSSR count). The van der Waals surface area contributed by atoms with Crippen molar-refractivity contribution in [3.8, 4) is 11.3 Å². The summed E-state index contributed by atoms with van der Waals surface area (Å²) in [4.78, 5) is 6.09. The van der Waals surface area contributed by atoms with Crippen molar-refractivity contribution < 1.29 is 0 Å². The Morgan fingerprint density at radius 1 is 1.33 bits per heavy atom. The molecule has 1 saturated heterocycles. The molecule has 1 fully saturated rings. The van der Waals surface area contributed by atoms with Gasteiger partial charge in [-0.15, -0.1) is 0 Å². The Morgan fingerprint density at radius 3 is 3.33 bits per heavy atom. The van der Waals surface area contributed by atoms with E-state index in [-0.39, 0.29) is 0 Å². The van der Waals surface area contributed by atoms with E-state index in [4.69, 9.17) is 0 Å². The predicted octanol–water partition coefficient (Wildman–Crippen LogP) is 2.82. The molecule has 1 atom stereocenters. The zero-order valence-electron chi connectivity index (χ0n) is 8.66. The zero-order chi connectivity index (χ0) is 9.83. The summed E-state index contributed by atoms with van der Waals surface area (Å²) >= 11 is 0. The lowest BCUT2D eigenvalue weighted by Gasteiger charge is -2.23. The number of nitrogens with zero attached hydrogens (tertiary/aromatic N) is 1. The lowest BCUT2D eigenvalue weighted by molar-refractivity contribution is 0.545. The Bertz CT molecular complexity index is 445. The second-order valence-corrected chi connectivity index (χ2v) is 4.75. The molecule has 2 nitrogen and oxygen atoms in total. The minimum atomic E-state index is 0.782. The van der Waals surface area contributed by atoms with Crippen molar-refractivity contribution in [2.24, 2.45) is 0 Å². The van der Waals surface area contributed by atoms with E-state index in [0.717, 1.165) is 5.92 Å². The van der Waals surface area contributed by atoms with Gasteiger partial charge in [-0.3, -0.25) is 0 Å². The maximum atomic E-state index is 3.58. The third-order valence-corrected chi connectivity index (χ3v) is 3.86. The van der Waals surface area contributed by atoms with Gasteiger partial charge in [-0.1, -0.05) is 12.1 Å². The zero-order valence-corrected chi connectivity index (χ0v) is 8.66. The molecular weight excluding hydrogens is 184 g/mol. The van der Waals surface area contributed by atoms with Gasteiger partial charge in [0.15, 0.2) is 0 Å². The van der Waals surface area contributed by atoms with Crippen LogP contribution in [0.5, 0.6) is 0 Å². The normalized spacial score (nSPS) is 23.5. The highest BCUT2D eigenvalue weighted by Crippen LogP contribution is 2.43. The first-order valence-electron chi connectivity index (χ1n) is 5.78. The van der Waals surface area contributed by atoms with Gasteiger partial charge in [0.2, 0.25) is 0 Å². The number of hydrogen-bond donors (Lipinski definition) is 1. The van der Waals surface area contributed by atoms with Crippen molar-refractivity contribution in [3.05, 3.63) is 29.8 Å². The number of aromatic nitrogens is 1. The number of piperidine rings is 1. The average molecular weight is 198 g/mol. The molecule has 76 valence electrons. The Hall–Kier alpha value is -1.44. The standard InChI is InChI=1S/C13H14N2/c1-3-9-7-11-10-4-2-6-15(8-10)13(11)14-12(9)5-1/h1,3,5,7,10,14H,2,4,6,8H2. The number of H-pyrrole nitrogens is 1. The van der Waals surface area contributed by atoms with E-state index < -0.39 is 0 Å². The Labute approximate surface area is 89.2 Å². The molecule has 0 spiro atoms. The van der Waals surface area contributed by atoms with E-state index >= 15 is 0 Å². The molecule has 2 bridgehead atoms. The van der Waals surface area contributed by atoms with E-state index in [1.807, 2.05) is 0 Å². The van der Waals surface area contributed by atoms with Gasteiger partial charge < -0.3 is 9.88 Å². The molecule has 15 heavy (non-hydrogen) atoms. The van der Waals surface area contributed by atoms with Gasteiger partial charge >= 0.3 is 0 Å². The van der Waals surface area contributed by atoms with Gasteiger partial charge in [-0.2, -0.15) is 0 Å². The van der Waals surface area contributed by atoms with Gasteiger partial charge in [-0.25, -0.2) is 0 Å². The molecule has 1 unspecified atom stereocenters. The smallest absolute Gasteiger partial charge is 0.109 e. The van der Waals surface area contributed by atoms with Crippen molar-refractivity contribution in [2.75, 3.05) is 18.0 Å². The lowest BCUT2D eigenvalue weighted by Crippen LogP contribution is -2.27. The van der Waals surface area contributed by atoms with Crippen LogP contribution in [0.1, 0.15) is 24.3 Å². The van der Waals surface area contributed by atoms with Crippen molar-refractivity contribution in [1.82, 2.24) is 4.98 Å². The fraction of sp³-hybridized carbons (Fsp3) is 0.385. The SMILES string of the molecule is c1cc2cc3c([nH]c-2c1)N1CCCC3C1. The van der Waals surface area contributed by atoms with Crippen LogP contribution in [0.4, 0.5) is 5.82 Å². The van der Waals surface area contributed by atoms with Crippen molar-refractivity contribution in [2.45, 2.75) is 18.8 Å². The number of fused-ring (bicyclic) bond motifs is 6. The molecule has 0 aromatic rings. The minimum Gasteiger partial charge on any atom is -0.357 e. The summed E-state index contributed by atoms with van der Waals surface area (Å²) in [6.45, 7) is 2.46. The highest BCUT2D eigenvalue weighted by molar-refractivity contribution is 5.71. The second-order valence-electron chi connectivity index (χ2n) is 4.75. The van der Waals surface area contributed by atoms with Crippen LogP contribution < -0.4 is 4.90 Å². The Balaban J connectivity index is 2.00. The number of nitrogens with one attached hydrogen (secondary N) is 1. The summed E-state index contributed by atoms with van der Waals surface area (Å²) in [5, 5.41) is 0. The molecule has 2 heteroatoms. The molecule has 0 amide bonds. The monoisotopic (exact) mass is 198 g/mol.